The molecule has 0 saturated carbocycles. The molecule has 0 fully saturated rings. The summed E-state index contributed by atoms with van der Waals surface area (Å²) in [5.74, 6) is 0.545. The number of rotatable bonds is 4. The van der Waals surface area contributed by atoms with E-state index in [2.05, 4.69) is 22.5 Å². The van der Waals surface area contributed by atoms with Gasteiger partial charge in [-0.25, -0.2) is 9.37 Å². The van der Waals surface area contributed by atoms with E-state index in [4.69, 9.17) is 23.2 Å². The number of hydrogen-bond acceptors (Lipinski definition) is 2. The Balaban J connectivity index is 2.26. The van der Waals surface area contributed by atoms with E-state index in [1.54, 1.807) is 17.4 Å². The highest BCUT2D eigenvalue weighted by Gasteiger charge is 2.21. The van der Waals surface area contributed by atoms with E-state index in [0.717, 1.165) is 17.8 Å². The van der Waals surface area contributed by atoms with Gasteiger partial charge in [0.25, 0.3) is 0 Å². The molecular formula is C15H13Cl2FN2S. The van der Waals surface area contributed by atoms with Crippen molar-refractivity contribution in [3.63, 3.8) is 0 Å². The fraction of sp³-hybridized carbons (Fsp3) is 0.267. The first-order chi connectivity index (χ1) is 10.2. The molecule has 0 amide bonds. The number of imidazole rings is 1. The topological polar surface area (TPSA) is 17.8 Å². The van der Waals surface area contributed by atoms with Gasteiger partial charge in [-0.2, -0.15) is 0 Å². The Morgan fingerprint density at radius 3 is 2.86 bits per heavy atom. The molecule has 0 aliphatic heterocycles. The molecule has 0 bridgehead atoms. The molecular weight excluding hydrogens is 330 g/mol. The summed E-state index contributed by atoms with van der Waals surface area (Å²) in [6, 6.07) is 7.24. The van der Waals surface area contributed by atoms with Crippen LogP contribution >= 0.6 is 34.5 Å². The summed E-state index contributed by atoms with van der Waals surface area (Å²) in [7, 11) is 0. The quantitative estimate of drug-likeness (QED) is 0.562. The second-order valence-corrected chi connectivity index (χ2v) is 6.38. The summed E-state index contributed by atoms with van der Waals surface area (Å²) in [4.78, 5) is 5.67. The summed E-state index contributed by atoms with van der Waals surface area (Å²) in [5.41, 5.74) is 1.40. The number of aromatic nitrogens is 2. The van der Waals surface area contributed by atoms with Gasteiger partial charge in [-0.15, -0.1) is 22.9 Å². The summed E-state index contributed by atoms with van der Waals surface area (Å²) in [6.07, 6.45) is 0.894. The molecule has 1 aromatic carbocycles. The van der Waals surface area contributed by atoms with Gasteiger partial charge in [-0.3, -0.25) is 0 Å². The number of thiophene rings is 1. The van der Waals surface area contributed by atoms with E-state index in [1.165, 1.54) is 10.9 Å². The highest BCUT2D eigenvalue weighted by Crippen LogP contribution is 2.33. The van der Waals surface area contributed by atoms with Gasteiger partial charge in [0.1, 0.15) is 11.6 Å². The van der Waals surface area contributed by atoms with Gasteiger partial charge in [0.15, 0.2) is 0 Å². The average molecular weight is 343 g/mol. The van der Waals surface area contributed by atoms with Crippen LogP contribution in [0.1, 0.15) is 30.1 Å². The molecule has 0 saturated heterocycles. The predicted molar refractivity (Wildman–Crippen MR) is 87.0 cm³/mol. The second-order valence-electron chi connectivity index (χ2n) is 4.73. The van der Waals surface area contributed by atoms with Crippen molar-refractivity contribution in [2.24, 2.45) is 0 Å². The van der Waals surface area contributed by atoms with E-state index in [1.807, 2.05) is 11.4 Å². The molecule has 1 unspecified atom stereocenters. The smallest absolute Gasteiger partial charge is 0.144 e. The lowest BCUT2D eigenvalue weighted by Gasteiger charge is -2.18. The van der Waals surface area contributed by atoms with Crippen molar-refractivity contribution in [2.45, 2.75) is 25.3 Å². The Kier molecular flexibility index (Phi) is 4.20. The predicted octanol–water partition coefficient (Wildman–Crippen LogP) is 5.63. The number of fused-ring (bicyclic) bond motifs is 1. The molecule has 2 heterocycles. The number of halogens is 3. The van der Waals surface area contributed by atoms with Gasteiger partial charge in [0, 0.05) is 10.9 Å². The maximum absolute atomic E-state index is 13.6. The molecule has 110 valence electrons. The Morgan fingerprint density at radius 1 is 1.43 bits per heavy atom. The normalized spacial score (nSPS) is 13.0. The minimum atomic E-state index is -0.459. The first kappa shape index (κ1) is 14.8. The number of benzene rings is 1. The highest BCUT2D eigenvalue weighted by atomic mass is 35.5. The Morgan fingerprint density at radius 2 is 2.24 bits per heavy atom. The van der Waals surface area contributed by atoms with E-state index < -0.39 is 5.82 Å². The minimum absolute atomic E-state index is 0.103. The molecule has 0 N–H and O–H groups in total. The van der Waals surface area contributed by atoms with Crippen LogP contribution in [-0.2, 0) is 5.88 Å². The van der Waals surface area contributed by atoms with Crippen LogP contribution in [0.15, 0.2) is 29.6 Å². The van der Waals surface area contributed by atoms with Crippen molar-refractivity contribution in [3.8, 4) is 0 Å². The maximum Gasteiger partial charge on any atom is 0.144 e. The average Bonchev–Trinajstić information content (AvgIpc) is 3.10. The largest absolute Gasteiger partial charge is 0.318 e. The molecule has 3 rings (SSSR count). The van der Waals surface area contributed by atoms with Gasteiger partial charge >= 0.3 is 0 Å². The lowest BCUT2D eigenvalue weighted by molar-refractivity contribution is 0.573. The van der Waals surface area contributed by atoms with Crippen molar-refractivity contribution in [1.82, 2.24) is 9.55 Å². The third-order valence-corrected chi connectivity index (χ3v) is 5.00. The highest BCUT2D eigenvalue weighted by molar-refractivity contribution is 7.10. The number of alkyl halides is 1. The third kappa shape index (κ3) is 2.56. The SMILES string of the molecule is CCC(c1cccs1)n1c(CCl)nc2cc(F)c(Cl)cc21. The van der Waals surface area contributed by atoms with Gasteiger partial charge in [0.2, 0.25) is 0 Å². The molecule has 0 aliphatic rings. The van der Waals surface area contributed by atoms with Crippen molar-refractivity contribution in [3.05, 3.63) is 51.2 Å². The first-order valence-corrected chi connectivity index (χ1v) is 8.40. The molecule has 0 aliphatic carbocycles. The summed E-state index contributed by atoms with van der Waals surface area (Å²) in [5, 5.41) is 2.15. The molecule has 0 radical (unpaired) electrons. The van der Waals surface area contributed by atoms with Crippen LogP contribution in [0.3, 0.4) is 0 Å². The first-order valence-electron chi connectivity index (χ1n) is 6.61. The van der Waals surface area contributed by atoms with Crippen molar-refractivity contribution in [2.75, 3.05) is 0 Å². The lowest BCUT2D eigenvalue weighted by Crippen LogP contribution is -2.11. The minimum Gasteiger partial charge on any atom is -0.318 e. The fourth-order valence-corrected chi connectivity index (χ4v) is 3.82. The molecule has 6 heteroatoms. The summed E-state index contributed by atoms with van der Waals surface area (Å²) in [6.45, 7) is 2.11. The van der Waals surface area contributed by atoms with Crippen LogP contribution in [0.5, 0.6) is 0 Å². The van der Waals surface area contributed by atoms with E-state index >= 15 is 0 Å². The summed E-state index contributed by atoms with van der Waals surface area (Å²) < 4.78 is 15.7. The zero-order valence-electron chi connectivity index (χ0n) is 11.3. The monoisotopic (exact) mass is 342 g/mol. The van der Waals surface area contributed by atoms with Crippen LogP contribution in [0, 0.1) is 5.82 Å². The van der Waals surface area contributed by atoms with Crippen LogP contribution in [0.2, 0.25) is 5.02 Å². The second kappa shape index (κ2) is 5.95. The third-order valence-electron chi connectivity index (χ3n) is 3.49. The Bertz CT molecular complexity index is 768. The zero-order valence-corrected chi connectivity index (χ0v) is 13.6. The van der Waals surface area contributed by atoms with Gasteiger partial charge in [-0.1, -0.05) is 24.6 Å². The number of hydrogen-bond donors (Lipinski definition) is 0. The van der Waals surface area contributed by atoms with Crippen LogP contribution < -0.4 is 0 Å². The zero-order chi connectivity index (χ0) is 15.0. The molecule has 21 heavy (non-hydrogen) atoms. The lowest BCUT2D eigenvalue weighted by atomic mass is 10.1. The van der Waals surface area contributed by atoms with Gasteiger partial charge in [0.05, 0.1) is 28.0 Å². The Labute approximate surface area is 136 Å². The van der Waals surface area contributed by atoms with Crippen molar-refractivity contribution >= 4 is 45.6 Å². The molecule has 2 aromatic heterocycles. The summed E-state index contributed by atoms with van der Waals surface area (Å²) >= 11 is 13.7. The van der Waals surface area contributed by atoms with E-state index in [9.17, 15) is 4.39 Å². The molecule has 1 atom stereocenters. The standard InChI is InChI=1S/C15H13Cl2FN2S/c1-2-12(14-4-3-5-21-14)20-13-6-9(17)10(18)7-11(13)19-15(20)8-16/h3-7,12H,2,8H2,1H3. The van der Waals surface area contributed by atoms with Crippen molar-refractivity contribution < 1.29 is 4.39 Å². The molecule has 3 aromatic rings. The maximum atomic E-state index is 13.6. The van der Waals surface area contributed by atoms with Crippen LogP contribution in [0.4, 0.5) is 4.39 Å². The van der Waals surface area contributed by atoms with Crippen LogP contribution in [0.25, 0.3) is 11.0 Å². The molecule has 0 spiro atoms. The van der Waals surface area contributed by atoms with Gasteiger partial charge in [-0.05, 0) is 23.9 Å². The van der Waals surface area contributed by atoms with E-state index in [-0.39, 0.29) is 16.9 Å². The van der Waals surface area contributed by atoms with Crippen molar-refractivity contribution in [1.29, 1.82) is 0 Å². The number of nitrogens with zero attached hydrogens (tertiary/aromatic N) is 2. The fourth-order valence-electron chi connectivity index (χ4n) is 2.57. The Hall–Kier alpha value is -1.10. The van der Waals surface area contributed by atoms with Crippen LogP contribution in [-0.4, -0.2) is 9.55 Å². The van der Waals surface area contributed by atoms with Gasteiger partial charge < -0.3 is 4.57 Å². The molecule has 2 nitrogen and oxygen atoms in total. The van der Waals surface area contributed by atoms with E-state index in [0.29, 0.717) is 5.52 Å².